The van der Waals surface area contributed by atoms with Gasteiger partial charge in [-0.3, -0.25) is 4.79 Å². The van der Waals surface area contributed by atoms with Crippen molar-refractivity contribution in [1.82, 2.24) is 14.9 Å². The number of carbonyl (C=O) groups is 2. The van der Waals surface area contributed by atoms with Gasteiger partial charge in [0.1, 0.15) is 11.9 Å². The molecular weight excluding hydrogens is 334 g/mol. The number of ether oxygens (including phenoxy) is 1. The van der Waals surface area contributed by atoms with E-state index in [0.29, 0.717) is 25.3 Å². The molecule has 1 aliphatic heterocycles. The van der Waals surface area contributed by atoms with Crippen LogP contribution in [0.25, 0.3) is 11.4 Å². The van der Waals surface area contributed by atoms with Crippen molar-refractivity contribution < 1.29 is 19.4 Å². The van der Waals surface area contributed by atoms with E-state index in [1.54, 1.807) is 36.1 Å². The monoisotopic (exact) mass is 357 g/mol. The molecule has 7 heteroatoms. The third kappa shape index (κ3) is 3.77. The zero-order valence-electron chi connectivity index (χ0n) is 15.2. The second-order valence-corrected chi connectivity index (χ2v) is 6.73. The fraction of sp³-hybridized carbons (Fsp3) is 0.421. The minimum atomic E-state index is -0.956. The molecule has 1 amide bonds. The first-order valence-corrected chi connectivity index (χ1v) is 8.71. The molecule has 2 aromatic rings. The molecule has 0 saturated carbocycles. The summed E-state index contributed by atoms with van der Waals surface area (Å²) in [7, 11) is 0. The minimum absolute atomic E-state index is 0.00170. The Labute approximate surface area is 152 Å². The molecule has 138 valence electrons. The molecule has 0 radical (unpaired) electrons. The number of aromatic carboxylic acids is 1. The normalized spacial score (nSPS) is 15.0. The summed E-state index contributed by atoms with van der Waals surface area (Å²) in [6.07, 6.45) is 0.212. The standard InChI is InChI=1S/C19H23N3O4/c1-11(2)26-12(3)18(23)22-9-8-15-16(10-22)21-17(20-15)13-4-6-14(7-5-13)19(24)25/h4-7,11-12H,8-10H2,1-3H3,(H,20,21)(H,24,25)/t12-/m1/s1. The van der Waals surface area contributed by atoms with E-state index in [1.165, 1.54) is 0 Å². The Bertz CT molecular complexity index is 811. The molecule has 0 fully saturated rings. The lowest BCUT2D eigenvalue weighted by atomic mass is 10.1. The molecule has 0 spiro atoms. The van der Waals surface area contributed by atoms with Gasteiger partial charge in [-0.05, 0) is 32.9 Å². The van der Waals surface area contributed by atoms with E-state index in [1.807, 2.05) is 13.8 Å². The molecule has 26 heavy (non-hydrogen) atoms. The molecular formula is C19H23N3O4. The van der Waals surface area contributed by atoms with Crippen LogP contribution in [0.1, 0.15) is 42.5 Å². The number of aromatic nitrogens is 2. The van der Waals surface area contributed by atoms with Gasteiger partial charge >= 0.3 is 5.97 Å². The summed E-state index contributed by atoms with van der Waals surface area (Å²) in [6.45, 7) is 6.68. The second kappa shape index (κ2) is 7.29. The maximum atomic E-state index is 12.5. The van der Waals surface area contributed by atoms with E-state index in [4.69, 9.17) is 9.84 Å². The number of aromatic amines is 1. The van der Waals surface area contributed by atoms with Gasteiger partial charge in [0.2, 0.25) is 0 Å². The van der Waals surface area contributed by atoms with Crippen LogP contribution in [0.15, 0.2) is 24.3 Å². The fourth-order valence-corrected chi connectivity index (χ4v) is 3.11. The van der Waals surface area contributed by atoms with E-state index in [9.17, 15) is 9.59 Å². The van der Waals surface area contributed by atoms with Crippen LogP contribution in [-0.2, 0) is 22.5 Å². The molecule has 1 aromatic heterocycles. The SMILES string of the molecule is CC(C)O[C@H](C)C(=O)N1CCc2nc(-c3ccc(C(=O)O)cc3)[nH]c2C1. The molecule has 0 unspecified atom stereocenters. The fourth-order valence-electron chi connectivity index (χ4n) is 3.11. The Morgan fingerprint density at radius 3 is 2.54 bits per heavy atom. The Kier molecular flexibility index (Phi) is 5.08. The van der Waals surface area contributed by atoms with Crippen LogP contribution in [0, 0.1) is 0 Å². The molecule has 1 aliphatic rings. The van der Waals surface area contributed by atoms with Crippen LogP contribution in [0.3, 0.4) is 0 Å². The Morgan fingerprint density at radius 1 is 1.23 bits per heavy atom. The van der Waals surface area contributed by atoms with Crippen molar-refractivity contribution in [3.63, 3.8) is 0 Å². The van der Waals surface area contributed by atoms with Gasteiger partial charge in [-0.1, -0.05) is 12.1 Å². The number of carboxylic acids is 1. The highest BCUT2D eigenvalue weighted by molar-refractivity contribution is 5.88. The van der Waals surface area contributed by atoms with Gasteiger partial charge < -0.3 is 19.7 Å². The number of carboxylic acid groups (broad SMARTS) is 1. The molecule has 0 aliphatic carbocycles. The predicted molar refractivity (Wildman–Crippen MR) is 95.8 cm³/mol. The quantitative estimate of drug-likeness (QED) is 0.857. The van der Waals surface area contributed by atoms with Gasteiger partial charge in [0.15, 0.2) is 0 Å². The van der Waals surface area contributed by atoms with Gasteiger partial charge in [-0.25, -0.2) is 9.78 Å². The summed E-state index contributed by atoms with van der Waals surface area (Å²) in [5, 5.41) is 8.99. The Balaban J connectivity index is 1.74. The van der Waals surface area contributed by atoms with Crippen molar-refractivity contribution >= 4 is 11.9 Å². The lowest BCUT2D eigenvalue weighted by Gasteiger charge is -2.29. The number of rotatable bonds is 5. The van der Waals surface area contributed by atoms with Crippen molar-refractivity contribution in [3.05, 3.63) is 41.2 Å². The summed E-state index contributed by atoms with van der Waals surface area (Å²) in [4.78, 5) is 33.2. The largest absolute Gasteiger partial charge is 0.478 e. The van der Waals surface area contributed by atoms with Crippen molar-refractivity contribution in [2.45, 2.75) is 45.9 Å². The summed E-state index contributed by atoms with van der Waals surface area (Å²) in [5.74, 6) is -0.291. The second-order valence-electron chi connectivity index (χ2n) is 6.73. The van der Waals surface area contributed by atoms with Crippen molar-refractivity contribution in [3.8, 4) is 11.4 Å². The first-order chi connectivity index (χ1) is 12.3. The Hall–Kier alpha value is -2.67. The minimum Gasteiger partial charge on any atom is -0.478 e. The lowest BCUT2D eigenvalue weighted by molar-refractivity contribution is -0.146. The zero-order valence-corrected chi connectivity index (χ0v) is 15.2. The first kappa shape index (κ1) is 18.1. The lowest BCUT2D eigenvalue weighted by Crippen LogP contribution is -2.42. The number of imidazole rings is 1. The highest BCUT2D eigenvalue weighted by atomic mass is 16.5. The molecule has 7 nitrogen and oxygen atoms in total. The van der Waals surface area contributed by atoms with Gasteiger partial charge in [-0.15, -0.1) is 0 Å². The number of amides is 1. The van der Waals surface area contributed by atoms with Crippen LogP contribution >= 0.6 is 0 Å². The van der Waals surface area contributed by atoms with E-state index >= 15 is 0 Å². The van der Waals surface area contributed by atoms with E-state index in [-0.39, 0.29) is 17.6 Å². The topological polar surface area (TPSA) is 95.5 Å². The van der Waals surface area contributed by atoms with Crippen LogP contribution < -0.4 is 0 Å². The van der Waals surface area contributed by atoms with Crippen molar-refractivity contribution in [1.29, 1.82) is 0 Å². The van der Waals surface area contributed by atoms with E-state index in [2.05, 4.69) is 9.97 Å². The average Bonchev–Trinajstić information content (AvgIpc) is 3.03. The number of hydrogen-bond donors (Lipinski definition) is 2. The molecule has 2 N–H and O–H groups in total. The van der Waals surface area contributed by atoms with Crippen LogP contribution in [0.2, 0.25) is 0 Å². The molecule has 0 bridgehead atoms. The number of hydrogen-bond acceptors (Lipinski definition) is 4. The van der Waals surface area contributed by atoms with Crippen LogP contribution in [0.5, 0.6) is 0 Å². The predicted octanol–water partition coefficient (Wildman–Crippen LogP) is 2.47. The maximum Gasteiger partial charge on any atom is 0.335 e. The summed E-state index contributed by atoms with van der Waals surface area (Å²) >= 11 is 0. The van der Waals surface area contributed by atoms with Gasteiger partial charge in [-0.2, -0.15) is 0 Å². The number of H-pyrrole nitrogens is 1. The molecule has 3 rings (SSSR count). The number of nitrogens with one attached hydrogen (secondary N) is 1. The summed E-state index contributed by atoms with van der Waals surface area (Å²) in [6, 6.07) is 6.57. The van der Waals surface area contributed by atoms with Gasteiger partial charge in [0, 0.05) is 18.5 Å². The number of carbonyl (C=O) groups excluding carboxylic acids is 1. The maximum absolute atomic E-state index is 12.5. The van der Waals surface area contributed by atoms with Crippen molar-refractivity contribution in [2.75, 3.05) is 6.54 Å². The Morgan fingerprint density at radius 2 is 1.92 bits per heavy atom. The van der Waals surface area contributed by atoms with Crippen LogP contribution in [-0.4, -0.2) is 50.6 Å². The van der Waals surface area contributed by atoms with Crippen molar-refractivity contribution in [2.24, 2.45) is 0 Å². The van der Waals surface area contributed by atoms with E-state index < -0.39 is 12.1 Å². The van der Waals surface area contributed by atoms with Gasteiger partial charge in [0.25, 0.3) is 5.91 Å². The van der Waals surface area contributed by atoms with Crippen LogP contribution in [0.4, 0.5) is 0 Å². The molecule has 0 saturated heterocycles. The number of benzene rings is 1. The highest BCUT2D eigenvalue weighted by Crippen LogP contribution is 2.24. The third-order valence-corrected chi connectivity index (χ3v) is 4.37. The number of nitrogens with zero attached hydrogens (tertiary/aromatic N) is 2. The summed E-state index contributed by atoms with van der Waals surface area (Å²) in [5.41, 5.74) is 2.92. The molecule has 1 aromatic carbocycles. The molecule has 1 atom stereocenters. The van der Waals surface area contributed by atoms with E-state index in [0.717, 1.165) is 17.0 Å². The zero-order chi connectivity index (χ0) is 18.8. The third-order valence-electron chi connectivity index (χ3n) is 4.37. The summed E-state index contributed by atoms with van der Waals surface area (Å²) < 4.78 is 5.59. The number of fused-ring (bicyclic) bond motifs is 1. The smallest absolute Gasteiger partial charge is 0.335 e. The first-order valence-electron chi connectivity index (χ1n) is 8.71. The highest BCUT2D eigenvalue weighted by Gasteiger charge is 2.27. The average molecular weight is 357 g/mol. The molecule has 2 heterocycles. The van der Waals surface area contributed by atoms with Gasteiger partial charge in [0.05, 0.1) is 29.6 Å².